The number of para-hydroxylation sites is 2. The highest BCUT2D eigenvalue weighted by atomic mass is 16.6. The van der Waals surface area contributed by atoms with E-state index in [1.807, 2.05) is 15.9 Å². The Kier molecular flexibility index (Phi) is 3.64. The van der Waals surface area contributed by atoms with E-state index in [1.165, 1.54) is 6.07 Å². The Hall–Kier alpha value is -2.31. The molecule has 2 aliphatic rings. The fourth-order valence-corrected chi connectivity index (χ4v) is 3.15. The Morgan fingerprint density at radius 1 is 1.29 bits per heavy atom. The van der Waals surface area contributed by atoms with Crippen LogP contribution in [0.5, 0.6) is 0 Å². The normalized spacial score (nSPS) is 22.3. The van der Waals surface area contributed by atoms with Gasteiger partial charge < -0.3 is 15.1 Å². The highest BCUT2D eigenvalue weighted by Gasteiger charge is 2.32. The van der Waals surface area contributed by atoms with E-state index in [2.05, 4.69) is 5.32 Å². The number of carbonyl (C=O) groups excluding carboxylic acids is 1. The van der Waals surface area contributed by atoms with Gasteiger partial charge in [-0.05, 0) is 18.9 Å². The summed E-state index contributed by atoms with van der Waals surface area (Å²) in [5.74, 6) is 0. The number of rotatable bonds is 3. The third-order valence-electron chi connectivity index (χ3n) is 4.15. The first-order valence-electron chi connectivity index (χ1n) is 7.19. The van der Waals surface area contributed by atoms with Crippen LogP contribution < -0.4 is 10.2 Å². The zero-order chi connectivity index (χ0) is 14.8. The molecule has 0 saturated carbocycles. The second kappa shape index (κ2) is 5.59. The molecule has 3 rings (SSSR count). The minimum atomic E-state index is -0.346. The first-order valence-corrected chi connectivity index (χ1v) is 7.19. The lowest BCUT2D eigenvalue weighted by atomic mass is 10.0. The SMILES string of the molecule is O=C1NCCN1C1CCCN(c2ccccc2[N+](=O)[O-])C1. The first-order chi connectivity index (χ1) is 10.2. The van der Waals surface area contributed by atoms with Crippen LogP contribution in [0.15, 0.2) is 24.3 Å². The maximum absolute atomic E-state index is 11.8. The summed E-state index contributed by atoms with van der Waals surface area (Å²) in [5, 5.41) is 14.0. The Morgan fingerprint density at radius 2 is 2.10 bits per heavy atom. The molecule has 0 radical (unpaired) electrons. The van der Waals surface area contributed by atoms with Gasteiger partial charge >= 0.3 is 6.03 Å². The molecule has 2 heterocycles. The van der Waals surface area contributed by atoms with Gasteiger partial charge in [-0.25, -0.2) is 4.79 Å². The largest absolute Gasteiger partial charge is 0.364 e. The van der Waals surface area contributed by atoms with Crippen molar-refractivity contribution in [2.24, 2.45) is 0 Å². The van der Waals surface area contributed by atoms with Crippen LogP contribution in [0.1, 0.15) is 12.8 Å². The van der Waals surface area contributed by atoms with Gasteiger partial charge in [-0.3, -0.25) is 10.1 Å². The lowest BCUT2D eigenvalue weighted by Crippen LogP contribution is -2.49. The van der Waals surface area contributed by atoms with Crippen LogP contribution in [0, 0.1) is 10.1 Å². The van der Waals surface area contributed by atoms with Crippen molar-refractivity contribution < 1.29 is 9.72 Å². The molecule has 1 atom stereocenters. The Bertz CT molecular complexity index is 563. The monoisotopic (exact) mass is 290 g/mol. The molecule has 112 valence electrons. The second-order valence-corrected chi connectivity index (χ2v) is 5.41. The van der Waals surface area contributed by atoms with E-state index in [9.17, 15) is 14.9 Å². The lowest BCUT2D eigenvalue weighted by molar-refractivity contribution is -0.384. The van der Waals surface area contributed by atoms with Crippen LogP contribution in [-0.2, 0) is 0 Å². The fraction of sp³-hybridized carbons (Fsp3) is 0.500. The molecule has 0 spiro atoms. The summed E-state index contributed by atoms with van der Waals surface area (Å²) in [6.07, 6.45) is 1.88. The minimum Gasteiger partial charge on any atom is -0.364 e. The molecular formula is C14H18N4O3. The van der Waals surface area contributed by atoms with Crippen molar-refractivity contribution in [1.29, 1.82) is 0 Å². The van der Waals surface area contributed by atoms with Crippen LogP contribution >= 0.6 is 0 Å². The van der Waals surface area contributed by atoms with Crippen molar-refractivity contribution in [3.8, 4) is 0 Å². The third kappa shape index (κ3) is 2.63. The quantitative estimate of drug-likeness (QED) is 0.677. The van der Waals surface area contributed by atoms with E-state index >= 15 is 0 Å². The number of nitrogens with zero attached hydrogens (tertiary/aromatic N) is 3. The number of nitrogens with one attached hydrogen (secondary N) is 1. The summed E-state index contributed by atoms with van der Waals surface area (Å²) < 4.78 is 0. The summed E-state index contributed by atoms with van der Waals surface area (Å²) >= 11 is 0. The summed E-state index contributed by atoms with van der Waals surface area (Å²) in [4.78, 5) is 26.5. The highest BCUT2D eigenvalue weighted by molar-refractivity contribution is 5.76. The molecule has 1 N–H and O–H groups in total. The van der Waals surface area contributed by atoms with E-state index in [0.717, 1.165) is 19.4 Å². The Labute approximate surface area is 122 Å². The number of carbonyl (C=O) groups is 1. The summed E-state index contributed by atoms with van der Waals surface area (Å²) in [6.45, 7) is 2.84. The van der Waals surface area contributed by atoms with Gasteiger partial charge in [-0.2, -0.15) is 0 Å². The van der Waals surface area contributed by atoms with Crippen LogP contribution in [0.2, 0.25) is 0 Å². The number of anilines is 1. The number of urea groups is 1. The van der Waals surface area contributed by atoms with Crippen molar-refractivity contribution in [2.45, 2.75) is 18.9 Å². The van der Waals surface area contributed by atoms with Crippen LogP contribution in [0.25, 0.3) is 0 Å². The van der Waals surface area contributed by atoms with Gasteiger partial charge in [0.05, 0.1) is 11.0 Å². The van der Waals surface area contributed by atoms with Gasteiger partial charge in [-0.1, -0.05) is 12.1 Å². The van der Waals surface area contributed by atoms with Crippen LogP contribution in [0.4, 0.5) is 16.2 Å². The topological polar surface area (TPSA) is 78.7 Å². The van der Waals surface area contributed by atoms with Gasteiger partial charge in [0.15, 0.2) is 0 Å². The average molecular weight is 290 g/mol. The number of amides is 2. The van der Waals surface area contributed by atoms with E-state index in [1.54, 1.807) is 12.1 Å². The maximum Gasteiger partial charge on any atom is 0.317 e. The van der Waals surface area contributed by atoms with Gasteiger partial charge in [0.25, 0.3) is 5.69 Å². The zero-order valence-corrected chi connectivity index (χ0v) is 11.7. The van der Waals surface area contributed by atoms with Gasteiger partial charge in [-0.15, -0.1) is 0 Å². The molecule has 2 fully saturated rings. The predicted molar refractivity (Wildman–Crippen MR) is 78.4 cm³/mol. The number of nitro groups is 1. The van der Waals surface area contributed by atoms with Crippen molar-refractivity contribution >= 4 is 17.4 Å². The summed E-state index contributed by atoms with van der Waals surface area (Å²) in [7, 11) is 0. The van der Waals surface area contributed by atoms with Crippen molar-refractivity contribution in [3.05, 3.63) is 34.4 Å². The smallest absolute Gasteiger partial charge is 0.317 e. The molecule has 2 amide bonds. The van der Waals surface area contributed by atoms with Crippen molar-refractivity contribution in [2.75, 3.05) is 31.1 Å². The highest BCUT2D eigenvalue weighted by Crippen LogP contribution is 2.30. The van der Waals surface area contributed by atoms with E-state index in [4.69, 9.17) is 0 Å². The second-order valence-electron chi connectivity index (χ2n) is 5.41. The lowest BCUT2D eigenvalue weighted by Gasteiger charge is -2.37. The molecule has 0 aliphatic carbocycles. The molecule has 21 heavy (non-hydrogen) atoms. The van der Waals surface area contributed by atoms with Gasteiger partial charge in [0, 0.05) is 32.2 Å². The fourth-order valence-electron chi connectivity index (χ4n) is 3.15. The molecule has 1 aromatic carbocycles. The Morgan fingerprint density at radius 3 is 2.81 bits per heavy atom. The number of benzene rings is 1. The van der Waals surface area contributed by atoms with Crippen LogP contribution in [-0.4, -0.2) is 48.1 Å². The van der Waals surface area contributed by atoms with E-state index in [0.29, 0.717) is 25.3 Å². The molecular weight excluding hydrogens is 272 g/mol. The third-order valence-corrected chi connectivity index (χ3v) is 4.15. The average Bonchev–Trinajstić information content (AvgIpc) is 2.93. The summed E-state index contributed by atoms with van der Waals surface area (Å²) in [6, 6.07) is 6.91. The van der Waals surface area contributed by atoms with Crippen molar-refractivity contribution in [1.82, 2.24) is 10.2 Å². The zero-order valence-electron chi connectivity index (χ0n) is 11.7. The molecule has 1 aromatic rings. The molecule has 0 aromatic heterocycles. The van der Waals surface area contributed by atoms with Crippen molar-refractivity contribution in [3.63, 3.8) is 0 Å². The first kappa shape index (κ1) is 13.7. The standard InChI is InChI=1S/C14H18N4O3/c19-14-15-7-9-17(14)11-4-3-8-16(10-11)12-5-1-2-6-13(12)18(20)21/h1-2,5-6,11H,3-4,7-10H2,(H,15,19). The predicted octanol–water partition coefficient (Wildman–Crippen LogP) is 1.59. The Balaban J connectivity index is 1.80. The molecule has 1 unspecified atom stereocenters. The molecule has 2 saturated heterocycles. The number of piperidine rings is 1. The van der Waals surface area contributed by atoms with Crippen LogP contribution in [0.3, 0.4) is 0 Å². The maximum atomic E-state index is 11.8. The minimum absolute atomic E-state index is 0.0237. The molecule has 7 nitrogen and oxygen atoms in total. The van der Waals surface area contributed by atoms with E-state index in [-0.39, 0.29) is 22.7 Å². The van der Waals surface area contributed by atoms with E-state index < -0.39 is 0 Å². The summed E-state index contributed by atoms with van der Waals surface area (Å²) in [5.41, 5.74) is 0.774. The molecule has 2 aliphatic heterocycles. The molecule has 0 bridgehead atoms. The number of nitro benzene ring substituents is 1. The number of hydrogen-bond acceptors (Lipinski definition) is 4. The van der Waals surface area contributed by atoms with Gasteiger partial charge in [0.2, 0.25) is 0 Å². The number of hydrogen-bond donors (Lipinski definition) is 1. The molecule has 7 heteroatoms. The van der Waals surface area contributed by atoms with Gasteiger partial charge in [0.1, 0.15) is 5.69 Å².